The van der Waals surface area contributed by atoms with E-state index in [1.165, 1.54) is 22.3 Å². The molecule has 2 aromatic rings. The van der Waals surface area contributed by atoms with E-state index in [1.807, 2.05) is 0 Å². The van der Waals surface area contributed by atoms with Gasteiger partial charge in [-0.05, 0) is 37.0 Å². The Morgan fingerprint density at radius 2 is 1.59 bits per heavy atom. The summed E-state index contributed by atoms with van der Waals surface area (Å²) in [6.07, 6.45) is 0.894. The monoisotopic (exact) mass is 225 g/mol. The fourth-order valence-corrected chi connectivity index (χ4v) is 2.09. The van der Waals surface area contributed by atoms with E-state index in [2.05, 4.69) is 62.4 Å². The maximum Gasteiger partial charge on any atom is 0.0338 e. The number of aryl methyl sites for hydroxylation is 2. The Labute approximate surface area is 103 Å². The number of rotatable bonds is 3. The van der Waals surface area contributed by atoms with Gasteiger partial charge < -0.3 is 5.73 Å². The van der Waals surface area contributed by atoms with Gasteiger partial charge >= 0.3 is 0 Å². The molecule has 88 valence electrons. The Kier molecular flexibility index (Phi) is 3.60. The van der Waals surface area contributed by atoms with Crippen LogP contribution in [0.4, 0.5) is 0 Å². The zero-order valence-electron chi connectivity index (χ0n) is 10.5. The van der Waals surface area contributed by atoms with Crippen molar-refractivity contribution >= 4 is 0 Å². The zero-order chi connectivity index (χ0) is 12.3. The molecule has 0 aliphatic carbocycles. The first-order valence-corrected chi connectivity index (χ1v) is 6.03. The maximum absolute atomic E-state index is 6.27. The molecule has 2 rings (SSSR count). The van der Waals surface area contributed by atoms with Crippen molar-refractivity contribution < 1.29 is 0 Å². The smallest absolute Gasteiger partial charge is 0.0338 e. The van der Waals surface area contributed by atoms with Crippen LogP contribution in [0.2, 0.25) is 0 Å². The van der Waals surface area contributed by atoms with Gasteiger partial charge in [-0.2, -0.15) is 0 Å². The third-order valence-corrected chi connectivity index (χ3v) is 3.16. The Morgan fingerprint density at radius 1 is 0.941 bits per heavy atom. The quantitative estimate of drug-likeness (QED) is 0.849. The second-order valence-corrected chi connectivity index (χ2v) is 4.65. The summed E-state index contributed by atoms with van der Waals surface area (Å²) in [4.78, 5) is 0. The molecule has 0 saturated carbocycles. The molecule has 0 spiro atoms. The highest BCUT2D eigenvalue weighted by Gasteiger charge is 2.08. The number of nitrogens with two attached hydrogens (primary N) is 1. The van der Waals surface area contributed by atoms with E-state index in [9.17, 15) is 0 Å². The van der Waals surface area contributed by atoms with Crippen LogP contribution < -0.4 is 5.73 Å². The summed E-state index contributed by atoms with van der Waals surface area (Å²) in [5.74, 6) is 0. The molecule has 0 aliphatic heterocycles. The summed E-state index contributed by atoms with van der Waals surface area (Å²) >= 11 is 0. The molecule has 1 unspecified atom stereocenters. The van der Waals surface area contributed by atoms with Crippen molar-refractivity contribution in [3.63, 3.8) is 0 Å². The van der Waals surface area contributed by atoms with E-state index < -0.39 is 0 Å². The van der Waals surface area contributed by atoms with E-state index in [0.717, 1.165) is 6.42 Å². The van der Waals surface area contributed by atoms with Crippen LogP contribution in [0.25, 0.3) is 0 Å². The first-order chi connectivity index (χ1) is 8.16. The highest BCUT2D eigenvalue weighted by atomic mass is 14.6. The van der Waals surface area contributed by atoms with E-state index >= 15 is 0 Å². The van der Waals surface area contributed by atoms with Gasteiger partial charge in [0.1, 0.15) is 0 Å². The van der Waals surface area contributed by atoms with Gasteiger partial charge in [0, 0.05) is 6.04 Å². The number of benzene rings is 2. The molecule has 0 bridgehead atoms. The predicted molar refractivity (Wildman–Crippen MR) is 73.0 cm³/mol. The third kappa shape index (κ3) is 2.95. The number of hydrogen-bond acceptors (Lipinski definition) is 1. The van der Waals surface area contributed by atoms with E-state index in [1.54, 1.807) is 0 Å². The normalized spacial score (nSPS) is 12.4. The molecule has 0 saturated heterocycles. The minimum Gasteiger partial charge on any atom is -0.324 e. The van der Waals surface area contributed by atoms with Gasteiger partial charge in [0.25, 0.3) is 0 Å². The summed E-state index contributed by atoms with van der Waals surface area (Å²) < 4.78 is 0. The second-order valence-electron chi connectivity index (χ2n) is 4.65. The SMILES string of the molecule is Cc1ccc(CC(N)c2ccccc2C)cc1. The van der Waals surface area contributed by atoms with Crippen molar-refractivity contribution in [2.24, 2.45) is 5.73 Å². The van der Waals surface area contributed by atoms with Gasteiger partial charge in [0.2, 0.25) is 0 Å². The van der Waals surface area contributed by atoms with Gasteiger partial charge in [-0.25, -0.2) is 0 Å². The molecule has 2 N–H and O–H groups in total. The van der Waals surface area contributed by atoms with Crippen LogP contribution >= 0.6 is 0 Å². The van der Waals surface area contributed by atoms with Crippen molar-refractivity contribution in [1.82, 2.24) is 0 Å². The zero-order valence-corrected chi connectivity index (χ0v) is 10.5. The lowest BCUT2D eigenvalue weighted by Crippen LogP contribution is -2.14. The van der Waals surface area contributed by atoms with Crippen LogP contribution in [-0.2, 0) is 6.42 Å². The lowest BCUT2D eigenvalue weighted by molar-refractivity contribution is 0.716. The van der Waals surface area contributed by atoms with E-state index in [4.69, 9.17) is 5.73 Å². The van der Waals surface area contributed by atoms with Crippen molar-refractivity contribution in [2.45, 2.75) is 26.3 Å². The molecule has 0 aliphatic rings. The molecule has 0 heterocycles. The number of hydrogen-bond donors (Lipinski definition) is 1. The van der Waals surface area contributed by atoms with Crippen LogP contribution in [-0.4, -0.2) is 0 Å². The second kappa shape index (κ2) is 5.15. The molecule has 1 atom stereocenters. The molecule has 1 nitrogen and oxygen atoms in total. The lowest BCUT2D eigenvalue weighted by atomic mass is 9.96. The Balaban J connectivity index is 2.14. The molecule has 0 radical (unpaired) electrons. The molecule has 2 aromatic carbocycles. The average molecular weight is 225 g/mol. The Hall–Kier alpha value is -1.60. The van der Waals surface area contributed by atoms with Gasteiger partial charge in [0.05, 0.1) is 0 Å². The summed E-state index contributed by atoms with van der Waals surface area (Å²) in [6.45, 7) is 4.22. The van der Waals surface area contributed by atoms with Crippen molar-refractivity contribution in [3.05, 3.63) is 70.8 Å². The summed E-state index contributed by atoms with van der Waals surface area (Å²) in [5.41, 5.74) is 11.4. The molecular weight excluding hydrogens is 206 g/mol. The largest absolute Gasteiger partial charge is 0.324 e. The van der Waals surface area contributed by atoms with Crippen LogP contribution in [0.1, 0.15) is 28.3 Å². The summed E-state index contributed by atoms with van der Waals surface area (Å²) in [5, 5.41) is 0. The van der Waals surface area contributed by atoms with E-state index in [0.29, 0.717) is 0 Å². The summed E-state index contributed by atoms with van der Waals surface area (Å²) in [7, 11) is 0. The van der Waals surface area contributed by atoms with Crippen LogP contribution in [0.15, 0.2) is 48.5 Å². The van der Waals surface area contributed by atoms with Crippen LogP contribution in [0, 0.1) is 13.8 Å². The molecular formula is C16H19N. The summed E-state index contributed by atoms with van der Waals surface area (Å²) in [6, 6.07) is 17.0. The predicted octanol–water partition coefficient (Wildman–Crippen LogP) is 3.55. The molecule has 0 fully saturated rings. The standard InChI is InChI=1S/C16H19N/c1-12-7-9-14(10-8-12)11-16(17)15-6-4-3-5-13(15)2/h3-10,16H,11,17H2,1-2H3. The highest BCUT2D eigenvalue weighted by Crippen LogP contribution is 2.19. The Bertz CT molecular complexity index is 485. The van der Waals surface area contributed by atoms with Gasteiger partial charge in [-0.15, -0.1) is 0 Å². The first-order valence-electron chi connectivity index (χ1n) is 6.03. The molecule has 0 aromatic heterocycles. The molecule has 0 amide bonds. The topological polar surface area (TPSA) is 26.0 Å². The van der Waals surface area contributed by atoms with E-state index in [-0.39, 0.29) is 6.04 Å². The van der Waals surface area contributed by atoms with Gasteiger partial charge in [0.15, 0.2) is 0 Å². The lowest BCUT2D eigenvalue weighted by Gasteiger charge is -2.14. The molecule has 1 heteroatoms. The van der Waals surface area contributed by atoms with Gasteiger partial charge in [-0.3, -0.25) is 0 Å². The highest BCUT2D eigenvalue weighted by molar-refractivity contribution is 5.31. The first kappa shape index (κ1) is 11.9. The van der Waals surface area contributed by atoms with Crippen molar-refractivity contribution in [3.8, 4) is 0 Å². The molecule has 17 heavy (non-hydrogen) atoms. The third-order valence-electron chi connectivity index (χ3n) is 3.16. The average Bonchev–Trinajstić information content (AvgIpc) is 2.32. The maximum atomic E-state index is 6.27. The minimum atomic E-state index is 0.0823. The van der Waals surface area contributed by atoms with Crippen LogP contribution in [0.5, 0.6) is 0 Å². The fourth-order valence-electron chi connectivity index (χ4n) is 2.09. The van der Waals surface area contributed by atoms with Gasteiger partial charge in [-0.1, -0.05) is 54.1 Å². The minimum absolute atomic E-state index is 0.0823. The van der Waals surface area contributed by atoms with Crippen molar-refractivity contribution in [2.75, 3.05) is 0 Å². The Morgan fingerprint density at radius 3 is 2.24 bits per heavy atom. The van der Waals surface area contributed by atoms with Crippen molar-refractivity contribution in [1.29, 1.82) is 0 Å². The van der Waals surface area contributed by atoms with Crippen LogP contribution in [0.3, 0.4) is 0 Å². The fraction of sp³-hybridized carbons (Fsp3) is 0.250.